The van der Waals surface area contributed by atoms with Crippen molar-refractivity contribution in [2.45, 2.75) is 0 Å². The largest absolute Gasteiger partial charge is 0.197 e. The van der Waals surface area contributed by atoms with Gasteiger partial charge < -0.3 is 0 Å². The van der Waals surface area contributed by atoms with Crippen LogP contribution in [0.3, 0.4) is 0 Å². The van der Waals surface area contributed by atoms with Crippen molar-refractivity contribution in [3.8, 4) is 0 Å². The molecule has 0 spiro atoms. The second kappa shape index (κ2) is 29.5. The fourth-order valence-electron chi connectivity index (χ4n) is 0. The Morgan fingerprint density at radius 1 is 1.25 bits per heavy atom. The minimum atomic E-state index is 0. The topological polar surface area (TPSA) is 17.1 Å². The Morgan fingerprint density at radius 2 is 1.25 bits per heavy atom. The van der Waals surface area contributed by atoms with Crippen molar-refractivity contribution in [3.05, 3.63) is 0 Å². The van der Waals surface area contributed by atoms with Gasteiger partial charge in [-0.2, -0.15) is 4.21 Å². The zero-order chi connectivity index (χ0) is 2.00. The second-order valence-electron chi connectivity index (χ2n) is 0. The smallest absolute Gasteiger partial charge is 0.197 e. The Labute approximate surface area is 54.5 Å². The number of hydrogen-bond acceptors (Lipinski definition) is 2. The minimum Gasteiger partial charge on any atom is -0.197 e. The van der Waals surface area contributed by atoms with Gasteiger partial charge in [-0.15, -0.1) is 0 Å². The molecule has 0 fully saturated rings. The van der Waals surface area contributed by atoms with Gasteiger partial charge in [0.15, 0.2) is 12.5 Å². The van der Waals surface area contributed by atoms with Crippen molar-refractivity contribution in [1.29, 1.82) is 0 Å². The molecule has 0 rings (SSSR count). The van der Waals surface area contributed by atoms with Crippen molar-refractivity contribution in [2.24, 2.45) is 0 Å². The molecule has 0 unspecified atom stereocenters. The van der Waals surface area contributed by atoms with E-state index >= 15 is 0 Å². The van der Waals surface area contributed by atoms with E-state index < -0.39 is 0 Å². The van der Waals surface area contributed by atoms with Crippen LogP contribution in [0.5, 0.6) is 0 Å². The van der Waals surface area contributed by atoms with Crippen LogP contribution < -0.4 is 0 Å². The third kappa shape index (κ3) is 10.7. The molecule has 1 nitrogen and oxygen atoms in total. The molecule has 0 aliphatic carbocycles. The van der Waals surface area contributed by atoms with Gasteiger partial charge in [-0.05, 0) is 0 Å². The average Bonchev–Trinajstić information content (AvgIpc) is 1.00. The van der Waals surface area contributed by atoms with Gasteiger partial charge in [0.05, 0.1) is 0 Å². The number of rotatable bonds is 0. The molecule has 0 saturated carbocycles. The fourth-order valence-corrected chi connectivity index (χ4v) is 0. The van der Waals surface area contributed by atoms with Crippen molar-refractivity contribution in [3.63, 3.8) is 0 Å². The SMILES string of the molecule is O=S.[Co].[Mo]. The summed E-state index contributed by atoms with van der Waals surface area (Å²) in [6, 6.07) is 0. The first-order valence-corrected chi connectivity index (χ1v) is 0.500. The quantitative estimate of drug-likeness (QED) is 0.501. The van der Waals surface area contributed by atoms with Crippen molar-refractivity contribution < 1.29 is 42.1 Å². The molecular formula is CoMoOS. The van der Waals surface area contributed by atoms with Gasteiger partial charge in [0.2, 0.25) is 0 Å². The van der Waals surface area contributed by atoms with Crippen LogP contribution in [0.1, 0.15) is 0 Å². The zero-order valence-electron chi connectivity index (χ0n) is 1.56. The third-order valence-electron chi connectivity index (χ3n) is 0. The van der Waals surface area contributed by atoms with Crippen LogP contribution in [0.2, 0.25) is 0 Å². The summed E-state index contributed by atoms with van der Waals surface area (Å²) in [7, 11) is 0. The summed E-state index contributed by atoms with van der Waals surface area (Å²) in [5.41, 5.74) is 0. The summed E-state index contributed by atoms with van der Waals surface area (Å²) in [5.74, 6) is 0. The van der Waals surface area contributed by atoms with E-state index in [9.17, 15) is 0 Å². The molecular weight excluding hydrogens is 203 g/mol. The predicted molar refractivity (Wildman–Crippen MR) is 8.14 cm³/mol. The molecule has 0 saturated heterocycles. The monoisotopic (exact) mass is 205 g/mol. The van der Waals surface area contributed by atoms with E-state index in [-0.39, 0.29) is 37.8 Å². The molecule has 0 aromatic carbocycles. The second-order valence-corrected chi connectivity index (χ2v) is 0. The maximum atomic E-state index is 7.83. The molecule has 0 aliphatic rings. The van der Waals surface area contributed by atoms with Crippen molar-refractivity contribution in [2.75, 3.05) is 0 Å². The van der Waals surface area contributed by atoms with Gasteiger partial charge in [0.1, 0.15) is 0 Å². The Morgan fingerprint density at radius 3 is 1.25 bits per heavy atom. The molecule has 0 bridgehead atoms. The maximum Gasteiger partial charge on any atom is 0.197 e. The molecule has 0 N–H and O–H groups in total. The summed E-state index contributed by atoms with van der Waals surface area (Å²) in [6.45, 7) is 0. The third-order valence-corrected chi connectivity index (χ3v) is 0. The first kappa shape index (κ1) is 18.9. The average molecular weight is 203 g/mol. The minimum absolute atomic E-state index is 0. The number of hydrogen-bond donors (Lipinski definition) is 0. The fraction of sp³-hybridized carbons (Fsp3) is 0. The Hall–Kier alpha value is 1.21. The Kier molecular flexibility index (Phi) is 139. The van der Waals surface area contributed by atoms with Crippen LogP contribution in [0, 0.1) is 0 Å². The van der Waals surface area contributed by atoms with Crippen LogP contribution in [-0.4, -0.2) is 4.21 Å². The first-order chi connectivity index (χ1) is 1.00. The summed E-state index contributed by atoms with van der Waals surface area (Å²) in [4.78, 5) is 0. The Balaban J connectivity index is -0.00000000500. The molecule has 0 heterocycles. The summed E-state index contributed by atoms with van der Waals surface area (Å²) < 4.78 is 7.83. The standard InChI is InChI=1S/Co.Mo.OS/c;;1-2. The van der Waals surface area contributed by atoms with Crippen LogP contribution in [0.4, 0.5) is 0 Å². The van der Waals surface area contributed by atoms with Gasteiger partial charge in [0, 0.05) is 37.8 Å². The molecule has 0 atom stereocenters. The molecule has 0 aromatic rings. The van der Waals surface area contributed by atoms with Gasteiger partial charge in [-0.25, -0.2) is 0 Å². The summed E-state index contributed by atoms with van der Waals surface area (Å²) in [6.07, 6.45) is 0. The van der Waals surface area contributed by atoms with E-state index in [0.29, 0.717) is 0 Å². The van der Waals surface area contributed by atoms with Gasteiger partial charge in [-0.1, -0.05) is 0 Å². The van der Waals surface area contributed by atoms with Gasteiger partial charge in [0.25, 0.3) is 0 Å². The molecule has 0 amide bonds. The van der Waals surface area contributed by atoms with Gasteiger partial charge in [-0.3, -0.25) is 0 Å². The van der Waals surface area contributed by atoms with Crippen LogP contribution >= 0.6 is 0 Å². The molecule has 4 heteroatoms. The summed E-state index contributed by atoms with van der Waals surface area (Å²) >= 11 is 2.83. The van der Waals surface area contributed by atoms with E-state index in [1.807, 2.05) is 0 Å². The van der Waals surface area contributed by atoms with Gasteiger partial charge >= 0.3 is 0 Å². The van der Waals surface area contributed by atoms with E-state index in [1.54, 1.807) is 0 Å². The molecule has 1 radical (unpaired) electrons. The molecule has 4 heavy (non-hydrogen) atoms. The molecule has 0 aliphatic heterocycles. The van der Waals surface area contributed by atoms with Crippen LogP contribution in [0.15, 0.2) is 0 Å². The summed E-state index contributed by atoms with van der Waals surface area (Å²) in [5, 5.41) is 0. The van der Waals surface area contributed by atoms with Crippen molar-refractivity contribution >= 4 is 12.5 Å². The maximum absolute atomic E-state index is 7.83. The molecule has 0 aromatic heterocycles. The first-order valence-electron chi connectivity index (χ1n) is 0.167. The van der Waals surface area contributed by atoms with E-state index in [4.69, 9.17) is 4.21 Å². The van der Waals surface area contributed by atoms with E-state index in [1.165, 1.54) is 0 Å². The van der Waals surface area contributed by atoms with E-state index in [2.05, 4.69) is 12.5 Å². The normalized spacial score (nSPS) is 1.00. The van der Waals surface area contributed by atoms with Crippen molar-refractivity contribution in [1.82, 2.24) is 0 Å². The van der Waals surface area contributed by atoms with Crippen LogP contribution in [-0.2, 0) is 50.4 Å². The zero-order valence-corrected chi connectivity index (χ0v) is 5.42. The van der Waals surface area contributed by atoms with Crippen LogP contribution in [0.25, 0.3) is 0 Å². The Bertz CT molecular complexity index is 8.00. The molecule has 27 valence electrons. The van der Waals surface area contributed by atoms with E-state index in [0.717, 1.165) is 0 Å². The predicted octanol–water partition coefficient (Wildman–Crippen LogP) is -0.341.